The lowest BCUT2D eigenvalue weighted by atomic mass is 10.0. The fraction of sp³-hybridized carbons (Fsp3) is 0.333. The minimum Gasteiger partial charge on any atom is -0.490 e. The first-order chi connectivity index (χ1) is 13.3. The second-order valence-corrected chi connectivity index (χ2v) is 7.74. The van der Waals surface area contributed by atoms with Crippen molar-refractivity contribution in [1.82, 2.24) is 10.9 Å². The van der Waals surface area contributed by atoms with Gasteiger partial charge in [0, 0.05) is 4.47 Å². The first kappa shape index (κ1) is 21.8. The Hall–Kier alpha value is -2.54. The fourth-order valence-electron chi connectivity index (χ4n) is 2.36. The second kappa shape index (κ2) is 10.1. The number of hydrogen-bond donors (Lipinski definition) is 2. The number of nitrogens with one attached hydrogen (secondary N) is 2. The van der Waals surface area contributed by atoms with Gasteiger partial charge in [-0.05, 0) is 55.7 Å². The highest BCUT2D eigenvalue weighted by molar-refractivity contribution is 9.10. The maximum Gasteiger partial charge on any atom is 0.276 e. The van der Waals surface area contributed by atoms with Crippen molar-refractivity contribution in [3.63, 3.8) is 0 Å². The minimum atomic E-state index is -0.480. The Morgan fingerprint density at radius 3 is 2.29 bits per heavy atom. The predicted molar refractivity (Wildman–Crippen MR) is 112 cm³/mol. The van der Waals surface area contributed by atoms with Gasteiger partial charge in [-0.1, -0.05) is 41.9 Å². The summed E-state index contributed by atoms with van der Waals surface area (Å²) < 4.78 is 11.8. The Kier molecular flexibility index (Phi) is 7.87. The monoisotopic (exact) mass is 448 g/mol. The largest absolute Gasteiger partial charge is 0.490 e. The van der Waals surface area contributed by atoms with E-state index in [9.17, 15) is 9.59 Å². The van der Waals surface area contributed by atoms with Crippen molar-refractivity contribution in [2.75, 3.05) is 6.61 Å². The van der Waals surface area contributed by atoms with Crippen molar-refractivity contribution in [1.29, 1.82) is 0 Å². The molecular weight excluding hydrogens is 424 g/mol. The van der Waals surface area contributed by atoms with Crippen LogP contribution in [0.25, 0.3) is 0 Å². The molecule has 0 aliphatic rings. The maximum absolute atomic E-state index is 12.4. The van der Waals surface area contributed by atoms with Crippen LogP contribution in [0.5, 0.6) is 11.5 Å². The van der Waals surface area contributed by atoms with Crippen LogP contribution >= 0.6 is 15.9 Å². The highest BCUT2D eigenvalue weighted by Gasteiger charge is 2.15. The van der Waals surface area contributed by atoms with E-state index in [1.807, 2.05) is 38.1 Å². The molecule has 0 aliphatic heterocycles. The van der Waals surface area contributed by atoms with Crippen LogP contribution < -0.4 is 20.3 Å². The van der Waals surface area contributed by atoms with Crippen LogP contribution in [0.1, 0.15) is 49.5 Å². The maximum atomic E-state index is 12.4. The number of carbonyl (C=O) groups is 2. The molecule has 2 aromatic carbocycles. The molecular formula is C21H25BrN2O4. The molecule has 7 heteroatoms. The van der Waals surface area contributed by atoms with Crippen molar-refractivity contribution in [3.05, 3.63) is 58.1 Å². The van der Waals surface area contributed by atoms with E-state index >= 15 is 0 Å². The summed E-state index contributed by atoms with van der Waals surface area (Å²) in [6.07, 6.45) is -0.0854. The number of benzene rings is 2. The van der Waals surface area contributed by atoms with Gasteiger partial charge in [-0.3, -0.25) is 20.4 Å². The van der Waals surface area contributed by atoms with Gasteiger partial charge in [0.05, 0.1) is 11.7 Å². The van der Waals surface area contributed by atoms with Gasteiger partial charge in [0.15, 0.2) is 6.61 Å². The lowest BCUT2D eigenvalue weighted by Gasteiger charge is -2.15. The van der Waals surface area contributed by atoms with Crippen LogP contribution in [-0.2, 0) is 4.79 Å². The van der Waals surface area contributed by atoms with E-state index in [0.29, 0.717) is 23.0 Å². The summed E-state index contributed by atoms with van der Waals surface area (Å²) in [5.41, 5.74) is 6.23. The molecule has 150 valence electrons. The van der Waals surface area contributed by atoms with E-state index in [1.54, 1.807) is 18.2 Å². The summed E-state index contributed by atoms with van der Waals surface area (Å²) in [5.74, 6) is 0.501. The van der Waals surface area contributed by atoms with Crippen LogP contribution in [0.4, 0.5) is 0 Å². The zero-order valence-electron chi connectivity index (χ0n) is 16.4. The molecule has 0 atom stereocenters. The van der Waals surface area contributed by atoms with Gasteiger partial charge in [0.1, 0.15) is 11.5 Å². The van der Waals surface area contributed by atoms with Gasteiger partial charge in [0.25, 0.3) is 11.8 Å². The number of halogens is 1. The third kappa shape index (κ3) is 6.56. The number of rotatable bonds is 7. The lowest BCUT2D eigenvalue weighted by molar-refractivity contribution is -0.123. The van der Waals surface area contributed by atoms with Crippen LogP contribution in [0.2, 0.25) is 0 Å². The summed E-state index contributed by atoms with van der Waals surface area (Å²) in [4.78, 5) is 24.4. The Morgan fingerprint density at radius 2 is 1.68 bits per heavy atom. The first-order valence-corrected chi connectivity index (χ1v) is 9.83. The average Bonchev–Trinajstić information content (AvgIpc) is 2.65. The SMILES string of the molecule is CC(C)Oc1ccc(Br)cc1C(=O)NNC(=O)COc1ccc(C(C)C)cc1. The molecule has 0 heterocycles. The molecule has 2 rings (SSSR count). The molecule has 28 heavy (non-hydrogen) atoms. The highest BCUT2D eigenvalue weighted by Crippen LogP contribution is 2.24. The highest BCUT2D eigenvalue weighted by atomic mass is 79.9. The molecule has 0 saturated heterocycles. The molecule has 2 N–H and O–H groups in total. The molecule has 6 nitrogen and oxygen atoms in total. The molecule has 2 amide bonds. The number of ether oxygens (including phenoxy) is 2. The average molecular weight is 449 g/mol. The Labute approximate surface area is 173 Å². The summed E-state index contributed by atoms with van der Waals surface area (Å²) in [6, 6.07) is 12.7. The van der Waals surface area contributed by atoms with E-state index in [2.05, 4.69) is 40.6 Å². The Balaban J connectivity index is 1.88. The normalized spacial score (nSPS) is 10.7. The molecule has 0 fully saturated rings. The van der Waals surface area contributed by atoms with Gasteiger partial charge in [-0.25, -0.2) is 0 Å². The Bertz CT molecular complexity index is 820. The van der Waals surface area contributed by atoms with E-state index in [4.69, 9.17) is 9.47 Å². The van der Waals surface area contributed by atoms with Gasteiger partial charge < -0.3 is 9.47 Å². The first-order valence-electron chi connectivity index (χ1n) is 9.04. The van der Waals surface area contributed by atoms with Gasteiger partial charge in [-0.15, -0.1) is 0 Å². The number of carbonyl (C=O) groups excluding carboxylic acids is 2. The second-order valence-electron chi connectivity index (χ2n) is 6.82. The predicted octanol–water partition coefficient (Wildman–Crippen LogP) is 4.20. The van der Waals surface area contributed by atoms with E-state index in [1.165, 1.54) is 5.56 Å². The van der Waals surface area contributed by atoms with Crippen LogP contribution in [0.15, 0.2) is 46.9 Å². The zero-order chi connectivity index (χ0) is 20.7. The number of hydrazine groups is 1. The molecule has 0 spiro atoms. The van der Waals surface area contributed by atoms with E-state index in [0.717, 1.165) is 4.47 Å². The summed E-state index contributed by atoms with van der Waals surface area (Å²) in [7, 11) is 0. The number of hydrogen-bond acceptors (Lipinski definition) is 4. The summed E-state index contributed by atoms with van der Waals surface area (Å²) >= 11 is 3.33. The summed E-state index contributed by atoms with van der Waals surface area (Å²) in [5, 5.41) is 0. The topological polar surface area (TPSA) is 76.7 Å². The molecule has 0 bridgehead atoms. The van der Waals surface area contributed by atoms with Crippen molar-refractivity contribution in [3.8, 4) is 11.5 Å². The van der Waals surface area contributed by atoms with Crippen LogP contribution in [0.3, 0.4) is 0 Å². The van der Waals surface area contributed by atoms with Crippen molar-refractivity contribution < 1.29 is 19.1 Å². The molecule has 0 aromatic heterocycles. The van der Waals surface area contributed by atoms with E-state index < -0.39 is 11.8 Å². The molecule has 0 saturated carbocycles. The van der Waals surface area contributed by atoms with Crippen molar-refractivity contribution >= 4 is 27.7 Å². The molecule has 0 unspecified atom stereocenters. The smallest absolute Gasteiger partial charge is 0.276 e. The molecule has 2 aromatic rings. The fourth-order valence-corrected chi connectivity index (χ4v) is 2.73. The van der Waals surface area contributed by atoms with E-state index in [-0.39, 0.29) is 12.7 Å². The van der Waals surface area contributed by atoms with Gasteiger partial charge in [0.2, 0.25) is 0 Å². The third-order valence-corrected chi connectivity index (χ3v) is 4.27. The minimum absolute atomic E-state index is 0.0854. The quantitative estimate of drug-likeness (QED) is 0.622. The summed E-state index contributed by atoms with van der Waals surface area (Å²) in [6.45, 7) is 7.74. The zero-order valence-corrected chi connectivity index (χ0v) is 18.0. The standard InChI is InChI=1S/C21H25BrN2O4/c1-13(2)15-5-8-17(9-6-15)27-12-20(25)23-24-21(26)18-11-16(22)7-10-19(18)28-14(3)4/h5-11,13-14H,12H2,1-4H3,(H,23,25)(H,24,26). The van der Waals surface area contributed by atoms with Crippen molar-refractivity contribution in [2.45, 2.75) is 39.7 Å². The Morgan fingerprint density at radius 1 is 1.00 bits per heavy atom. The molecule has 0 aliphatic carbocycles. The molecule has 0 radical (unpaired) electrons. The number of amides is 2. The van der Waals surface area contributed by atoms with Crippen LogP contribution in [-0.4, -0.2) is 24.5 Å². The van der Waals surface area contributed by atoms with Crippen LogP contribution in [0, 0.1) is 0 Å². The third-order valence-electron chi connectivity index (χ3n) is 3.78. The van der Waals surface area contributed by atoms with Gasteiger partial charge >= 0.3 is 0 Å². The van der Waals surface area contributed by atoms with Crippen molar-refractivity contribution in [2.24, 2.45) is 0 Å². The lowest BCUT2D eigenvalue weighted by Crippen LogP contribution is -2.44. The van der Waals surface area contributed by atoms with Gasteiger partial charge in [-0.2, -0.15) is 0 Å².